The summed E-state index contributed by atoms with van der Waals surface area (Å²) in [6.45, 7) is 1.86. The van der Waals surface area contributed by atoms with E-state index >= 15 is 0 Å². The molecule has 2 aromatic carbocycles. The summed E-state index contributed by atoms with van der Waals surface area (Å²) in [5.74, 6) is -0.243. The number of rotatable bonds is 4. The zero-order valence-corrected chi connectivity index (χ0v) is 13.5. The molecule has 22 heavy (non-hydrogen) atoms. The van der Waals surface area contributed by atoms with Gasteiger partial charge in [-0.3, -0.25) is 9.69 Å². The van der Waals surface area contributed by atoms with Crippen molar-refractivity contribution in [3.05, 3.63) is 64.1 Å². The summed E-state index contributed by atoms with van der Waals surface area (Å²) in [5, 5.41) is 10.1. The molecule has 0 aromatic heterocycles. The highest BCUT2D eigenvalue weighted by molar-refractivity contribution is 6.42. The van der Waals surface area contributed by atoms with E-state index in [1.165, 1.54) is 4.90 Å². The molecular weight excluding hydrogens is 319 g/mol. The molecule has 5 heteroatoms. The van der Waals surface area contributed by atoms with Crippen molar-refractivity contribution in [1.82, 2.24) is 0 Å². The predicted octanol–water partition coefficient (Wildman–Crippen LogP) is 4.94. The third-order valence-corrected chi connectivity index (χ3v) is 4.01. The summed E-state index contributed by atoms with van der Waals surface area (Å²) in [5.41, 5.74) is 1.07. The number of anilines is 1. The fraction of sp³-hybridized carbons (Fsp3) is 0.176. The van der Waals surface area contributed by atoms with Crippen LogP contribution in [0.1, 0.15) is 23.7 Å². The number of hydrogen-bond donors (Lipinski definition) is 0. The van der Waals surface area contributed by atoms with Crippen LogP contribution in [0.15, 0.2) is 48.5 Å². The molecule has 1 atom stereocenters. The average molecular weight is 333 g/mol. The van der Waals surface area contributed by atoms with Crippen molar-refractivity contribution >= 4 is 34.8 Å². The highest BCUT2D eigenvalue weighted by Gasteiger charge is 2.25. The molecule has 2 rings (SSSR count). The van der Waals surface area contributed by atoms with Gasteiger partial charge in [0.25, 0.3) is 5.91 Å². The second kappa shape index (κ2) is 7.31. The Kier molecular flexibility index (Phi) is 5.43. The third-order valence-electron chi connectivity index (χ3n) is 3.27. The van der Waals surface area contributed by atoms with Gasteiger partial charge in [-0.25, -0.2) is 0 Å². The van der Waals surface area contributed by atoms with Gasteiger partial charge >= 0.3 is 0 Å². The molecule has 0 N–H and O–H groups in total. The molecule has 0 saturated carbocycles. The van der Waals surface area contributed by atoms with Crippen LogP contribution in [0.4, 0.5) is 5.69 Å². The number of nitriles is 1. The summed E-state index contributed by atoms with van der Waals surface area (Å²) in [7, 11) is 0. The minimum atomic E-state index is -0.579. The Balaban J connectivity index is 2.49. The van der Waals surface area contributed by atoms with Crippen LogP contribution in [0.3, 0.4) is 0 Å². The van der Waals surface area contributed by atoms with Gasteiger partial charge in [-0.15, -0.1) is 0 Å². The number of halogens is 2. The van der Waals surface area contributed by atoms with Gasteiger partial charge in [0.05, 0.1) is 16.1 Å². The van der Waals surface area contributed by atoms with Gasteiger partial charge in [-0.2, -0.15) is 5.26 Å². The van der Waals surface area contributed by atoms with Crippen molar-refractivity contribution in [2.45, 2.75) is 19.4 Å². The molecule has 0 radical (unpaired) electrons. The maximum Gasteiger partial charge on any atom is 0.259 e. The molecule has 0 aliphatic heterocycles. The molecule has 0 bridgehead atoms. The lowest BCUT2D eigenvalue weighted by molar-refractivity contribution is 0.0981. The van der Waals surface area contributed by atoms with Crippen molar-refractivity contribution in [3.63, 3.8) is 0 Å². The second-order valence-electron chi connectivity index (χ2n) is 4.69. The Morgan fingerprint density at radius 1 is 1.18 bits per heavy atom. The maximum absolute atomic E-state index is 12.8. The summed E-state index contributed by atoms with van der Waals surface area (Å²) < 4.78 is 0. The molecule has 1 amide bonds. The van der Waals surface area contributed by atoms with Gasteiger partial charge in [0.2, 0.25) is 0 Å². The summed E-state index contributed by atoms with van der Waals surface area (Å²) in [6.07, 6.45) is 0.509. The molecule has 0 saturated heterocycles. The van der Waals surface area contributed by atoms with Crippen molar-refractivity contribution in [2.75, 3.05) is 4.90 Å². The lowest BCUT2D eigenvalue weighted by Crippen LogP contribution is -2.39. The van der Waals surface area contributed by atoms with Crippen LogP contribution in [-0.4, -0.2) is 11.9 Å². The summed E-state index contributed by atoms with van der Waals surface area (Å²) >= 11 is 12.0. The first-order chi connectivity index (χ1) is 10.6. The SMILES string of the molecule is CCC(C#N)N(C(=O)c1ccccc1)c1ccc(Cl)c(Cl)c1. The fourth-order valence-electron chi connectivity index (χ4n) is 2.13. The number of carbonyl (C=O) groups excluding carboxylic acids is 1. The van der Waals surface area contributed by atoms with Crippen LogP contribution in [-0.2, 0) is 0 Å². The van der Waals surface area contributed by atoms with E-state index in [2.05, 4.69) is 6.07 Å². The van der Waals surface area contributed by atoms with Gasteiger partial charge in [-0.05, 0) is 36.8 Å². The maximum atomic E-state index is 12.8. The van der Waals surface area contributed by atoms with Crippen LogP contribution in [0.5, 0.6) is 0 Å². The van der Waals surface area contributed by atoms with Crippen LogP contribution >= 0.6 is 23.2 Å². The van der Waals surface area contributed by atoms with Crippen molar-refractivity contribution < 1.29 is 4.79 Å². The van der Waals surface area contributed by atoms with Crippen LogP contribution in [0.2, 0.25) is 10.0 Å². The van der Waals surface area contributed by atoms with Crippen LogP contribution in [0.25, 0.3) is 0 Å². The van der Waals surface area contributed by atoms with Crippen molar-refractivity contribution in [1.29, 1.82) is 5.26 Å². The lowest BCUT2D eigenvalue weighted by Gasteiger charge is -2.27. The molecular formula is C17H14Cl2N2O. The average Bonchev–Trinajstić information content (AvgIpc) is 2.55. The molecule has 0 spiro atoms. The van der Waals surface area contributed by atoms with E-state index in [0.29, 0.717) is 27.7 Å². The minimum Gasteiger partial charge on any atom is -0.292 e. The highest BCUT2D eigenvalue weighted by Crippen LogP contribution is 2.29. The molecule has 1 unspecified atom stereocenters. The van der Waals surface area contributed by atoms with E-state index in [0.717, 1.165) is 0 Å². The van der Waals surface area contributed by atoms with Crippen LogP contribution in [0, 0.1) is 11.3 Å². The fourth-order valence-corrected chi connectivity index (χ4v) is 2.42. The largest absolute Gasteiger partial charge is 0.292 e. The number of carbonyl (C=O) groups is 1. The second-order valence-corrected chi connectivity index (χ2v) is 5.51. The summed E-state index contributed by atoms with van der Waals surface area (Å²) in [4.78, 5) is 14.3. The van der Waals surface area contributed by atoms with Crippen LogP contribution < -0.4 is 4.90 Å². The molecule has 0 aliphatic carbocycles. The first kappa shape index (κ1) is 16.4. The first-order valence-corrected chi connectivity index (χ1v) is 7.57. The smallest absolute Gasteiger partial charge is 0.259 e. The Morgan fingerprint density at radius 3 is 2.41 bits per heavy atom. The van der Waals surface area contributed by atoms with E-state index < -0.39 is 6.04 Å². The van der Waals surface area contributed by atoms with E-state index in [9.17, 15) is 10.1 Å². The monoisotopic (exact) mass is 332 g/mol. The Morgan fingerprint density at radius 2 is 1.86 bits per heavy atom. The Hall–Kier alpha value is -2.02. The quantitative estimate of drug-likeness (QED) is 0.795. The first-order valence-electron chi connectivity index (χ1n) is 6.81. The molecule has 0 aliphatic rings. The molecule has 2 aromatic rings. The van der Waals surface area contributed by atoms with E-state index in [1.807, 2.05) is 13.0 Å². The van der Waals surface area contributed by atoms with Gasteiger partial charge in [0.15, 0.2) is 0 Å². The molecule has 112 valence electrons. The number of benzene rings is 2. The van der Waals surface area contributed by atoms with Gasteiger partial charge in [-0.1, -0.05) is 48.3 Å². The van der Waals surface area contributed by atoms with E-state index in [4.69, 9.17) is 23.2 Å². The molecule has 3 nitrogen and oxygen atoms in total. The Bertz CT molecular complexity index is 710. The van der Waals surface area contributed by atoms with Gasteiger partial charge in [0.1, 0.15) is 6.04 Å². The number of amides is 1. The topological polar surface area (TPSA) is 44.1 Å². The standard InChI is InChI=1S/C17H14Cl2N2O/c1-2-13(11-20)21(14-8-9-15(18)16(19)10-14)17(22)12-6-4-3-5-7-12/h3-10,13H,2H2,1H3. The number of hydrogen-bond acceptors (Lipinski definition) is 2. The molecule has 0 heterocycles. The minimum absolute atomic E-state index is 0.243. The normalized spacial score (nSPS) is 11.5. The number of nitrogens with zero attached hydrogens (tertiary/aromatic N) is 2. The predicted molar refractivity (Wildman–Crippen MR) is 89.4 cm³/mol. The molecule has 0 fully saturated rings. The highest BCUT2D eigenvalue weighted by atomic mass is 35.5. The van der Waals surface area contributed by atoms with E-state index in [-0.39, 0.29) is 5.91 Å². The third kappa shape index (κ3) is 3.41. The zero-order valence-electron chi connectivity index (χ0n) is 12.0. The van der Waals surface area contributed by atoms with Gasteiger partial charge in [0, 0.05) is 11.3 Å². The van der Waals surface area contributed by atoms with Gasteiger partial charge < -0.3 is 0 Å². The Labute approximate surface area is 139 Å². The van der Waals surface area contributed by atoms with Crippen molar-refractivity contribution in [2.24, 2.45) is 0 Å². The lowest BCUT2D eigenvalue weighted by atomic mass is 10.1. The van der Waals surface area contributed by atoms with Crippen molar-refractivity contribution in [3.8, 4) is 6.07 Å². The zero-order chi connectivity index (χ0) is 16.1. The van der Waals surface area contributed by atoms with E-state index in [1.54, 1.807) is 42.5 Å². The summed E-state index contributed by atoms with van der Waals surface area (Å²) in [6, 6.07) is 15.3.